The zero-order chi connectivity index (χ0) is 16.2. The second-order valence-corrected chi connectivity index (χ2v) is 5.37. The minimum atomic E-state index is -0.524. The molecule has 3 aromatic rings. The number of carbonyl (C=O) groups is 1. The van der Waals surface area contributed by atoms with Crippen LogP contribution in [0.4, 0.5) is 8.78 Å². The average molecular weight is 314 g/mol. The van der Waals surface area contributed by atoms with Gasteiger partial charge in [-0.1, -0.05) is 12.1 Å². The van der Waals surface area contributed by atoms with Crippen molar-refractivity contribution in [2.45, 2.75) is 19.4 Å². The molecule has 0 aliphatic carbocycles. The maximum absolute atomic E-state index is 13.5. The number of aromatic amines is 1. The van der Waals surface area contributed by atoms with Gasteiger partial charge in [-0.05, 0) is 42.3 Å². The van der Waals surface area contributed by atoms with Crippen LogP contribution in [0.2, 0.25) is 0 Å². The minimum absolute atomic E-state index is 0.0171. The summed E-state index contributed by atoms with van der Waals surface area (Å²) in [5.41, 5.74) is 2.26. The lowest BCUT2D eigenvalue weighted by molar-refractivity contribution is -0.121. The second-order valence-electron chi connectivity index (χ2n) is 5.37. The lowest BCUT2D eigenvalue weighted by Crippen LogP contribution is -2.23. The van der Waals surface area contributed by atoms with Crippen LogP contribution in [0.15, 0.2) is 48.7 Å². The number of benzene rings is 2. The number of fused-ring (bicyclic) bond motifs is 1. The number of nitrogens with one attached hydrogen (secondary N) is 2. The van der Waals surface area contributed by atoms with Crippen LogP contribution in [0, 0.1) is 11.6 Å². The zero-order valence-corrected chi connectivity index (χ0v) is 12.4. The Kier molecular flexibility index (Phi) is 4.37. The van der Waals surface area contributed by atoms with Gasteiger partial charge in [-0.2, -0.15) is 0 Å². The molecule has 2 aromatic carbocycles. The summed E-state index contributed by atoms with van der Waals surface area (Å²) in [6.07, 6.45) is 2.74. The fourth-order valence-electron chi connectivity index (χ4n) is 2.58. The Labute approximate surface area is 132 Å². The summed E-state index contributed by atoms with van der Waals surface area (Å²) in [5.74, 6) is -1.24. The first kappa shape index (κ1) is 15.2. The third kappa shape index (κ3) is 3.56. The molecule has 0 aliphatic rings. The predicted molar refractivity (Wildman–Crippen MR) is 84.8 cm³/mol. The maximum Gasteiger partial charge on any atom is 0.220 e. The quantitative estimate of drug-likeness (QED) is 0.741. The topological polar surface area (TPSA) is 44.9 Å². The SMILES string of the molecule is O=C(CCc1cccc2[nH]ccc12)NCc1cc(F)ccc1F. The number of hydrogen-bond acceptors (Lipinski definition) is 1. The molecule has 0 spiro atoms. The zero-order valence-electron chi connectivity index (χ0n) is 12.4. The van der Waals surface area contributed by atoms with Gasteiger partial charge in [-0.25, -0.2) is 8.78 Å². The van der Waals surface area contributed by atoms with Crippen LogP contribution in [0.5, 0.6) is 0 Å². The molecular weight excluding hydrogens is 298 g/mol. The van der Waals surface area contributed by atoms with E-state index in [0.717, 1.165) is 34.7 Å². The van der Waals surface area contributed by atoms with E-state index in [0.29, 0.717) is 12.8 Å². The van der Waals surface area contributed by atoms with Crippen molar-refractivity contribution in [3.63, 3.8) is 0 Å². The number of amides is 1. The molecule has 0 bridgehead atoms. The first-order chi connectivity index (χ1) is 11.1. The van der Waals surface area contributed by atoms with E-state index in [1.807, 2.05) is 30.5 Å². The van der Waals surface area contributed by atoms with Crippen LogP contribution in [-0.2, 0) is 17.8 Å². The number of H-pyrrole nitrogens is 1. The van der Waals surface area contributed by atoms with Gasteiger partial charge in [-0.15, -0.1) is 0 Å². The van der Waals surface area contributed by atoms with Gasteiger partial charge in [0.2, 0.25) is 5.91 Å². The van der Waals surface area contributed by atoms with Crippen molar-refractivity contribution in [1.29, 1.82) is 0 Å². The van der Waals surface area contributed by atoms with Crippen LogP contribution >= 0.6 is 0 Å². The van der Waals surface area contributed by atoms with E-state index in [1.54, 1.807) is 0 Å². The van der Waals surface area contributed by atoms with E-state index in [9.17, 15) is 13.6 Å². The molecule has 1 amide bonds. The minimum Gasteiger partial charge on any atom is -0.361 e. The Morgan fingerprint density at radius 2 is 1.96 bits per heavy atom. The Morgan fingerprint density at radius 3 is 2.83 bits per heavy atom. The van der Waals surface area contributed by atoms with Crippen molar-refractivity contribution >= 4 is 16.8 Å². The maximum atomic E-state index is 13.5. The molecule has 1 heterocycles. The lowest BCUT2D eigenvalue weighted by Gasteiger charge is -2.07. The molecule has 0 saturated heterocycles. The van der Waals surface area contributed by atoms with E-state index in [1.165, 1.54) is 0 Å². The molecule has 0 unspecified atom stereocenters. The second kappa shape index (κ2) is 6.60. The summed E-state index contributed by atoms with van der Waals surface area (Å²) in [5, 5.41) is 3.72. The summed E-state index contributed by atoms with van der Waals surface area (Å²) in [4.78, 5) is 15.1. The first-order valence-corrected chi connectivity index (χ1v) is 7.39. The summed E-state index contributed by atoms with van der Waals surface area (Å²) in [6, 6.07) is 11.1. The number of halogens is 2. The van der Waals surface area contributed by atoms with Crippen LogP contribution in [0.3, 0.4) is 0 Å². The normalized spacial score (nSPS) is 10.9. The fourth-order valence-corrected chi connectivity index (χ4v) is 2.58. The van der Waals surface area contributed by atoms with Gasteiger partial charge in [0.15, 0.2) is 0 Å². The Morgan fingerprint density at radius 1 is 1.09 bits per heavy atom. The highest BCUT2D eigenvalue weighted by Crippen LogP contribution is 2.18. The van der Waals surface area contributed by atoms with E-state index in [2.05, 4.69) is 10.3 Å². The van der Waals surface area contributed by atoms with Crippen molar-refractivity contribution < 1.29 is 13.6 Å². The standard InChI is InChI=1S/C18H16F2N2O/c19-14-5-6-16(20)13(10-14)11-22-18(23)7-4-12-2-1-3-17-15(12)8-9-21-17/h1-3,5-6,8-10,21H,4,7,11H2,(H,22,23). The van der Waals surface area contributed by atoms with Crippen LogP contribution in [-0.4, -0.2) is 10.9 Å². The van der Waals surface area contributed by atoms with Crippen molar-refractivity contribution in [1.82, 2.24) is 10.3 Å². The lowest BCUT2D eigenvalue weighted by atomic mass is 10.1. The van der Waals surface area contributed by atoms with Gasteiger partial charge in [0.1, 0.15) is 11.6 Å². The summed E-state index contributed by atoms with van der Waals surface area (Å²) in [7, 11) is 0. The number of aryl methyl sites for hydroxylation is 1. The molecule has 23 heavy (non-hydrogen) atoms. The molecule has 118 valence electrons. The largest absolute Gasteiger partial charge is 0.361 e. The highest BCUT2D eigenvalue weighted by Gasteiger charge is 2.08. The molecular formula is C18H16F2N2O. The van der Waals surface area contributed by atoms with Crippen molar-refractivity contribution in [3.8, 4) is 0 Å². The summed E-state index contributed by atoms with van der Waals surface area (Å²) in [6.45, 7) is -0.0171. The molecule has 0 radical (unpaired) electrons. The van der Waals surface area contributed by atoms with Gasteiger partial charge in [0.25, 0.3) is 0 Å². The molecule has 3 nitrogen and oxygen atoms in total. The van der Waals surface area contributed by atoms with Crippen LogP contribution < -0.4 is 5.32 Å². The smallest absolute Gasteiger partial charge is 0.220 e. The van der Waals surface area contributed by atoms with E-state index in [-0.39, 0.29) is 18.0 Å². The fraction of sp³-hybridized carbons (Fsp3) is 0.167. The highest BCUT2D eigenvalue weighted by atomic mass is 19.1. The Balaban J connectivity index is 1.58. The Bertz CT molecular complexity index is 842. The van der Waals surface area contributed by atoms with Crippen molar-refractivity contribution in [3.05, 3.63) is 71.4 Å². The van der Waals surface area contributed by atoms with Crippen LogP contribution in [0.25, 0.3) is 10.9 Å². The Hall–Kier alpha value is -2.69. The monoisotopic (exact) mass is 314 g/mol. The molecule has 1 aromatic heterocycles. The van der Waals surface area contributed by atoms with E-state index >= 15 is 0 Å². The molecule has 0 aliphatic heterocycles. The van der Waals surface area contributed by atoms with E-state index < -0.39 is 11.6 Å². The number of aromatic nitrogens is 1. The first-order valence-electron chi connectivity index (χ1n) is 7.39. The third-order valence-electron chi connectivity index (χ3n) is 3.79. The highest BCUT2D eigenvalue weighted by molar-refractivity contribution is 5.84. The third-order valence-corrected chi connectivity index (χ3v) is 3.79. The van der Waals surface area contributed by atoms with Gasteiger partial charge in [0.05, 0.1) is 0 Å². The number of rotatable bonds is 5. The molecule has 2 N–H and O–H groups in total. The van der Waals surface area contributed by atoms with Gasteiger partial charge < -0.3 is 10.3 Å². The van der Waals surface area contributed by atoms with Gasteiger partial charge in [-0.3, -0.25) is 4.79 Å². The number of carbonyl (C=O) groups excluding carboxylic acids is 1. The van der Waals surface area contributed by atoms with E-state index in [4.69, 9.17) is 0 Å². The van der Waals surface area contributed by atoms with Gasteiger partial charge >= 0.3 is 0 Å². The van der Waals surface area contributed by atoms with Crippen molar-refractivity contribution in [2.24, 2.45) is 0 Å². The van der Waals surface area contributed by atoms with Crippen LogP contribution in [0.1, 0.15) is 17.5 Å². The summed E-state index contributed by atoms with van der Waals surface area (Å²) >= 11 is 0. The molecule has 3 rings (SSSR count). The molecule has 0 fully saturated rings. The van der Waals surface area contributed by atoms with Gasteiger partial charge in [0, 0.05) is 35.6 Å². The van der Waals surface area contributed by atoms with Crippen molar-refractivity contribution in [2.75, 3.05) is 0 Å². The molecule has 0 saturated carbocycles. The summed E-state index contributed by atoms with van der Waals surface area (Å²) < 4.78 is 26.6. The predicted octanol–water partition coefficient (Wildman–Crippen LogP) is 3.70. The molecule has 0 atom stereocenters. The molecule has 5 heteroatoms. The number of hydrogen-bond donors (Lipinski definition) is 2. The average Bonchev–Trinajstić information content (AvgIpc) is 3.03.